The minimum absolute atomic E-state index is 0.280. The second kappa shape index (κ2) is 7.28. The van der Waals surface area contributed by atoms with Gasteiger partial charge < -0.3 is 14.9 Å². The minimum atomic E-state index is -0.756. The summed E-state index contributed by atoms with van der Waals surface area (Å²) in [5.41, 5.74) is 0.280. The van der Waals surface area contributed by atoms with E-state index in [1.807, 2.05) is 0 Å². The number of piperidine rings is 1. The smallest absolute Gasteiger partial charge is 0.407 e. The zero-order valence-corrected chi connectivity index (χ0v) is 14.8. The SMILES string of the molecule is CCN(CCC#N)C1CCN(C2CC3(CCN(C(=O)O)C3)C2)CC1. The molecule has 2 saturated heterocycles. The van der Waals surface area contributed by atoms with Crippen LogP contribution in [0.25, 0.3) is 0 Å². The third kappa shape index (κ3) is 3.52. The molecule has 1 aliphatic carbocycles. The number of likely N-dealkylation sites (tertiary alicyclic amines) is 2. The lowest BCUT2D eigenvalue weighted by Crippen LogP contribution is -2.56. The van der Waals surface area contributed by atoms with Crippen LogP contribution >= 0.6 is 0 Å². The topological polar surface area (TPSA) is 70.8 Å². The summed E-state index contributed by atoms with van der Waals surface area (Å²) in [6.45, 7) is 7.88. The third-order valence-corrected chi connectivity index (χ3v) is 6.49. The largest absolute Gasteiger partial charge is 0.465 e. The molecule has 0 aromatic heterocycles. The Morgan fingerprint density at radius 1 is 1.33 bits per heavy atom. The molecule has 6 nitrogen and oxygen atoms in total. The van der Waals surface area contributed by atoms with Crippen LogP contribution in [0.5, 0.6) is 0 Å². The third-order valence-electron chi connectivity index (χ3n) is 6.49. The van der Waals surface area contributed by atoms with Crippen LogP contribution in [0.4, 0.5) is 4.79 Å². The molecule has 24 heavy (non-hydrogen) atoms. The predicted molar refractivity (Wildman–Crippen MR) is 91.7 cm³/mol. The molecule has 0 aromatic carbocycles. The van der Waals surface area contributed by atoms with Gasteiger partial charge in [-0.2, -0.15) is 5.26 Å². The lowest BCUT2D eigenvalue weighted by molar-refractivity contribution is -0.0147. The van der Waals surface area contributed by atoms with Gasteiger partial charge in [-0.05, 0) is 57.2 Å². The summed E-state index contributed by atoms with van der Waals surface area (Å²) in [7, 11) is 0. The second-order valence-corrected chi connectivity index (χ2v) is 7.82. The van der Waals surface area contributed by atoms with Crippen molar-refractivity contribution in [2.24, 2.45) is 5.41 Å². The van der Waals surface area contributed by atoms with Gasteiger partial charge in [0.25, 0.3) is 0 Å². The van der Waals surface area contributed by atoms with Gasteiger partial charge in [0.15, 0.2) is 0 Å². The van der Waals surface area contributed by atoms with Gasteiger partial charge in [-0.15, -0.1) is 0 Å². The molecule has 134 valence electrons. The maximum absolute atomic E-state index is 11.1. The molecule has 0 unspecified atom stereocenters. The first-order valence-corrected chi connectivity index (χ1v) is 9.40. The maximum Gasteiger partial charge on any atom is 0.407 e. The molecule has 0 atom stereocenters. The summed E-state index contributed by atoms with van der Waals surface area (Å²) in [5.74, 6) is 0. The van der Waals surface area contributed by atoms with Crippen LogP contribution in [0.15, 0.2) is 0 Å². The van der Waals surface area contributed by atoms with Crippen LogP contribution in [0.1, 0.15) is 45.4 Å². The predicted octanol–water partition coefficient (Wildman–Crippen LogP) is 2.22. The van der Waals surface area contributed by atoms with Crippen LogP contribution < -0.4 is 0 Å². The first kappa shape index (κ1) is 17.5. The highest BCUT2D eigenvalue weighted by molar-refractivity contribution is 5.65. The van der Waals surface area contributed by atoms with Crippen LogP contribution in [-0.2, 0) is 0 Å². The van der Waals surface area contributed by atoms with Crippen molar-refractivity contribution < 1.29 is 9.90 Å². The first-order chi connectivity index (χ1) is 11.6. The Morgan fingerprint density at radius 2 is 2.04 bits per heavy atom. The van der Waals surface area contributed by atoms with Crippen molar-refractivity contribution in [2.45, 2.75) is 57.5 Å². The van der Waals surface area contributed by atoms with Crippen LogP contribution in [0.2, 0.25) is 0 Å². The standard InChI is InChI=1S/C18H30N4O2/c1-2-20(8-3-7-19)15-4-9-21(10-5-15)16-12-18(13-16)6-11-22(14-18)17(23)24/h15-16H,2-6,8-14H2,1H3,(H,23,24). The number of hydrogen-bond acceptors (Lipinski definition) is 4. The average Bonchev–Trinajstić information content (AvgIpc) is 3.01. The molecule has 0 aromatic rings. The van der Waals surface area contributed by atoms with Crippen molar-refractivity contribution in [3.63, 3.8) is 0 Å². The first-order valence-electron chi connectivity index (χ1n) is 9.40. The second-order valence-electron chi connectivity index (χ2n) is 7.82. The van der Waals surface area contributed by atoms with Gasteiger partial charge in [-0.3, -0.25) is 4.90 Å². The van der Waals surface area contributed by atoms with E-state index in [1.54, 1.807) is 4.90 Å². The van der Waals surface area contributed by atoms with E-state index in [-0.39, 0.29) is 5.41 Å². The van der Waals surface area contributed by atoms with Gasteiger partial charge in [0.1, 0.15) is 0 Å². The van der Waals surface area contributed by atoms with Crippen molar-refractivity contribution in [2.75, 3.05) is 39.3 Å². The highest BCUT2D eigenvalue weighted by Crippen LogP contribution is 2.50. The van der Waals surface area contributed by atoms with E-state index >= 15 is 0 Å². The van der Waals surface area contributed by atoms with E-state index in [9.17, 15) is 4.79 Å². The van der Waals surface area contributed by atoms with Gasteiger partial charge in [0.05, 0.1) is 6.07 Å². The molecule has 6 heteroatoms. The molecule has 2 aliphatic heterocycles. The number of amides is 1. The lowest BCUT2D eigenvalue weighted by atomic mass is 9.64. The minimum Gasteiger partial charge on any atom is -0.465 e. The summed E-state index contributed by atoms with van der Waals surface area (Å²) in [5, 5.41) is 17.9. The summed E-state index contributed by atoms with van der Waals surface area (Å²) in [4.78, 5) is 17.8. The van der Waals surface area contributed by atoms with E-state index in [0.29, 0.717) is 25.0 Å². The highest BCUT2D eigenvalue weighted by Gasteiger charge is 2.51. The summed E-state index contributed by atoms with van der Waals surface area (Å²) < 4.78 is 0. The van der Waals surface area contributed by atoms with Crippen LogP contribution in [0, 0.1) is 16.7 Å². The van der Waals surface area contributed by atoms with Crippen molar-refractivity contribution >= 4 is 6.09 Å². The molecule has 0 bridgehead atoms. The molecule has 0 radical (unpaired) electrons. The molecule has 3 rings (SSSR count). The number of nitriles is 1. The fraction of sp³-hybridized carbons (Fsp3) is 0.889. The molecule has 1 N–H and O–H groups in total. The Bertz CT molecular complexity index is 490. The molecule has 1 amide bonds. The van der Waals surface area contributed by atoms with E-state index in [4.69, 9.17) is 10.4 Å². The fourth-order valence-corrected chi connectivity index (χ4v) is 5.04. The number of carbonyl (C=O) groups is 1. The fourth-order valence-electron chi connectivity index (χ4n) is 5.04. The summed E-state index contributed by atoms with van der Waals surface area (Å²) >= 11 is 0. The quantitative estimate of drug-likeness (QED) is 0.835. The zero-order chi connectivity index (χ0) is 17.2. The van der Waals surface area contributed by atoms with E-state index in [1.165, 1.54) is 25.7 Å². The van der Waals surface area contributed by atoms with Crippen molar-refractivity contribution in [3.05, 3.63) is 0 Å². The molecular formula is C18H30N4O2. The number of nitrogens with zero attached hydrogens (tertiary/aromatic N) is 4. The molecule has 1 spiro atoms. The van der Waals surface area contributed by atoms with Crippen molar-refractivity contribution in [1.82, 2.24) is 14.7 Å². The molecular weight excluding hydrogens is 304 g/mol. The number of hydrogen-bond donors (Lipinski definition) is 1. The highest BCUT2D eigenvalue weighted by atomic mass is 16.4. The molecule has 2 heterocycles. The number of carboxylic acid groups (broad SMARTS) is 1. The van der Waals surface area contributed by atoms with E-state index in [2.05, 4.69) is 22.8 Å². The maximum atomic E-state index is 11.1. The Kier molecular flexibility index (Phi) is 5.31. The molecule has 3 aliphatic rings. The van der Waals surface area contributed by atoms with Gasteiger partial charge in [-0.25, -0.2) is 4.79 Å². The molecule has 1 saturated carbocycles. The van der Waals surface area contributed by atoms with Gasteiger partial charge in [0.2, 0.25) is 0 Å². The Hall–Kier alpha value is -1.32. The Labute approximate surface area is 145 Å². The summed E-state index contributed by atoms with van der Waals surface area (Å²) in [6, 6.07) is 3.55. The molecule has 3 fully saturated rings. The van der Waals surface area contributed by atoms with E-state index < -0.39 is 6.09 Å². The van der Waals surface area contributed by atoms with Crippen molar-refractivity contribution in [1.29, 1.82) is 5.26 Å². The Morgan fingerprint density at radius 3 is 2.58 bits per heavy atom. The van der Waals surface area contributed by atoms with Gasteiger partial charge in [0, 0.05) is 38.1 Å². The average molecular weight is 334 g/mol. The van der Waals surface area contributed by atoms with Gasteiger partial charge >= 0.3 is 6.09 Å². The van der Waals surface area contributed by atoms with E-state index in [0.717, 1.165) is 39.1 Å². The van der Waals surface area contributed by atoms with Crippen LogP contribution in [0.3, 0.4) is 0 Å². The zero-order valence-electron chi connectivity index (χ0n) is 14.8. The van der Waals surface area contributed by atoms with Gasteiger partial charge in [-0.1, -0.05) is 6.92 Å². The number of rotatable bonds is 5. The van der Waals surface area contributed by atoms with Crippen LogP contribution in [-0.4, -0.2) is 77.3 Å². The normalized spacial score (nSPS) is 31.4. The monoisotopic (exact) mass is 334 g/mol. The van der Waals surface area contributed by atoms with Crippen molar-refractivity contribution in [3.8, 4) is 6.07 Å². The Balaban J connectivity index is 1.42. The summed E-state index contributed by atoms with van der Waals surface area (Å²) in [6.07, 6.45) is 5.66. The lowest BCUT2D eigenvalue weighted by Gasteiger charge is -2.52.